The van der Waals surface area contributed by atoms with Gasteiger partial charge in [0.05, 0.1) is 4.92 Å². The van der Waals surface area contributed by atoms with Gasteiger partial charge in [-0.25, -0.2) is 0 Å². The van der Waals surface area contributed by atoms with Crippen molar-refractivity contribution in [3.8, 4) is 0 Å². The van der Waals surface area contributed by atoms with Crippen molar-refractivity contribution in [3.05, 3.63) is 38.9 Å². The van der Waals surface area contributed by atoms with Gasteiger partial charge in [0.1, 0.15) is 10.6 Å². The van der Waals surface area contributed by atoms with Gasteiger partial charge >= 0.3 is 5.69 Å². The van der Waals surface area contributed by atoms with Gasteiger partial charge in [0, 0.05) is 13.1 Å². The van der Waals surface area contributed by atoms with E-state index in [0.29, 0.717) is 24.9 Å². The van der Waals surface area contributed by atoms with Crippen molar-refractivity contribution in [2.24, 2.45) is 11.8 Å². The first kappa shape index (κ1) is 14.8. The number of nitro groups is 1. The molecule has 5 nitrogen and oxygen atoms in total. The number of carbonyl (C=O) groups is 1. The van der Waals surface area contributed by atoms with Crippen LogP contribution < -0.4 is 0 Å². The van der Waals surface area contributed by atoms with Gasteiger partial charge in [0.25, 0.3) is 5.91 Å². The number of likely N-dealkylation sites (tertiary alicyclic amines) is 1. The number of piperidine rings is 1. The smallest absolute Gasteiger partial charge is 0.300 e. The Morgan fingerprint density at radius 1 is 1.40 bits per heavy atom. The van der Waals surface area contributed by atoms with Crippen LogP contribution in [0.2, 0.25) is 5.02 Å². The van der Waals surface area contributed by atoms with E-state index in [2.05, 4.69) is 13.8 Å². The molecule has 0 aliphatic carbocycles. The zero-order chi connectivity index (χ0) is 14.9. The van der Waals surface area contributed by atoms with Crippen molar-refractivity contribution < 1.29 is 9.72 Å². The number of halogens is 1. The van der Waals surface area contributed by atoms with E-state index in [1.807, 2.05) is 0 Å². The SMILES string of the molecule is CC1CCN(C(=O)c2cccc(Cl)c2[N+](=O)[O-])CC1C. The molecule has 1 aliphatic rings. The lowest BCUT2D eigenvalue weighted by atomic mass is 9.88. The quantitative estimate of drug-likeness (QED) is 0.621. The molecule has 2 unspecified atom stereocenters. The average Bonchev–Trinajstić information content (AvgIpc) is 2.40. The van der Waals surface area contributed by atoms with Crippen molar-refractivity contribution in [1.82, 2.24) is 4.90 Å². The van der Waals surface area contributed by atoms with Crippen LogP contribution in [-0.2, 0) is 0 Å². The molecule has 2 atom stereocenters. The second-order valence-corrected chi connectivity index (χ2v) is 5.79. The largest absolute Gasteiger partial charge is 0.338 e. The molecular weight excluding hydrogens is 280 g/mol. The number of hydrogen-bond donors (Lipinski definition) is 0. The number of para-hydroxylation sites is 1. The van der Waals surface area contributed by atoms with Crippen LogP contribution >= 0.6 is 11.6 Å². The number of amides is 1. The summed E-state index contributed by atoms with van der Waals surface area (Å²) in [4.78, 5) is 24.7. The molecule has 0 bridgehead atoms. The van der Waals surface area contributed by atoms with Gasteiger partial charge < -0.3 is 4.90 Å². The highest BCUT2D eigenvalue weighted by molar-refractivity contribution is 6.33. The molecule has 0 N–H and O–H groups in total. The Balaban J connectivity index is 2.30. The van der Waals surface area contributed by atoms with Crippen molar-refractivity contribution in [2.75, 3.05) is 13.1 Å². The summed E-state index contributed by atoms with van der Waals surface area (Å²) in [5.74, 6) is 0.650. The van der Waals surface area contributed by atoms with E-state index < -0.39 is 4.92 Å². The van der Waals surface area contributed by atoms with E-state index in [1.54, 1.807) is 11.0 Å². The molecule has 1 aromatic rings. The lowest BCUT2D eigenvalue weighted by molar-refractivity contribution is -0.385. The van der Waals surface area contributed by atoms with Crippen molar-refractivity contribution in [3.63, 3.8) is 0 Å². The summed E-state index contributed by atoms with van der Waals surface area (Å²) in [5, 5.41) is 11.1. The first-order valence-corrected chi connectivity index (χ1v) is 7.01. The lowest BCUT2D eigenvalue weighted by Crippen LogP contribution is -2.42. The number of rotatable bonds is 2. The predicted octanol–water partition coefficient (Wildman–Crippen LogP) is 3.37. The first-order valence-electron chi connectivity index (χ1n) is 6.64. The molecule has 0 spiro atoms. The third-order valence-corrected chi connectivity index (χ3v) is 4.33. The van der Waals surface area contributed by atoms with Crippen LogP contribution in [0.5, 0.6) is 0 Å². The Bertz CT molecular complexity index is 547. The molecule has 1 amide bonds. The monoisotopic (exact) mass is 296 g/mol. The molecule has 0 aromatic heterocycles. The van der Waals surface area contributed by atoms with Crippen LogP contribution in [0.15, 0.2) is 18.2 Å². The number of nitro benzene ring substituents is 1. The Morgan fingerprint density at radius 2 is 2.10 bits per heavy atom. The molecule has 108 valence electrons. The molecule has 1 aromatic carbocycles. The highest BCUT2D eigenvalue weighted by Gasteiger charge is 2.31. The van der Waals surface area contributed by atoms with E-state index in [1.165, 1.54) is 12.1 Å². The van der Waals surface area contributed by atoms with Gasteiger partial charge in [0.2, 0.25) is 0 Å². The van der Waals surface area contributed by atoms with E-state index in [-0.39, 0.29) is 22.2 Å². The summed E-state index contributed by atoms with van der Waals surface area (Å²) in [6.07, 6.45) is 0.918. The molecule has 2 rings (SSSR count). The summed E-state index contributed by atoms with van der Waals surface area (Å²) in [6.45, 7) is 5.52. The van der Waals surface area contributed by atoms with Gasteiger partial charge in [0.15, 0.2) is 0 Å². The average molecular weight is 297 g/mol. The van der Waals surface area contributed by atoms with Crippen molar-refractivity contribution >= 4 is 23.2 Å². The van der Waals surface area contributed by atoms with Gasteiger partial charge in [-0.2, -0.15) is 0 Å². The summed E-state index contributed by atoms with van der Waals surface area (Å²) >= 11 is 5.85. The minimum atomic E-state index is -0.592. The Labute approximate surface area is 122 Å². The highest BCUT2D eigenvalue weighted by Crippen LogP contribution is 2.31. The first-order chi connectivity index (χ1) is 9.41. The minimum absolute atomic E-state index is 0.000670. The molecule has 20 heavy (non-hydrogen) atoms. The fourth-order valence-corrected chi connectivity index (χ4v) is 2.73. The minimum Gasteiger partial charge on any atom is -0.338 e. The Morgan fingerprint density at radius 3 is 2.70 bits per heavy atom. The summed E-state index contributed by atoms with van der Waals surface area (Å²) in [5.41, 5.74) is -0.227. The van der Waals surface area contributed by atoms with Crippen LogP contribution in [0.3, 0.4) is 0 Å². The Kier molecular flexibility index (Phi) is 4.28. The molecular formula is C14H17ClN2O3. The number of nitrogens with zero attached hydrogens (tertiary/aromatic N) is 2. The summed E-state index contributed by atoms with van der Waals surface area (Å²) in [6, 6.07) is 4.46. The van der Waals surface area contributed by atoms with E-state index >= 15 is 0 Å². The molecule has 1 fully saturated rings. The third-order valence-electron chi connectivity index (χ3n) is 4.02. The van der Waals surface area contributed by atoms with Crippen LogP contribution in [0.1, 0.15) is 30.6 Å². The van der Waals surface area contributed by atoms with Gasteiger partial charge in [-0.15, -0.1) is 0 Å². The topological polar surface area (TPSA) is 63.5 Å². The van der Waals surface area contributed by atoms with E-state index in [0.717, 1.165) is 6.42 Å². The molecule has 1 aliphatic heterocycles. The summed E-state index contributed by atoms with van der Waals surface area (Å²) in [7, 11) is 0. The molecule has 1 heterocycles. The molecule has 0 saturated carbocycles. The van der Waals surface area contributed by atoms with Crippen molar-refractivity contribution in [1.29, 1.82) is 0 Å². The van der Waals surface area contributed by atoms with Crippen LogP contribution in [0.25, 0.3) is 0 Å². The maximum Gasteiger partial charge on any atom is 0.300 e. The maximum absolute atomic E-state index is 12.5. The zero-order valence-electron chi connectivity index (χ0n) is 11.5. The normalized spacial score (nSPS) is 22.6. The molecule has 6 heteroatoms. The van der Waals surface area contributed by atoms with Crippen LogP contribution in [0.4, 0.5) is 5.69 Å². The second kappa shape index (κ2) is 5.79. The third kappa shape index (κ3) is 2.77. The van der Waals surface area contributed by atoms with Gasteiger partial charge in [-0.1, -0.05) is 31.5 Å². The lowest BCUT2D eigenvalue weighted by Gasteiger charge is -2.35. The number of hydrogen-bond acceptors (Lipinski definition) is 3. The number of benzene rings is 1. The fourth-order valence-electron chi connectivity index (χ4n) is 2.49. The molecule has 1 saturated heterocycles. The van der Waals surface area contributed by atoms with Gasteiger partial charge in [-0.05, 0) is 30.4 Å². The molecule has 0 radical (unpaired) electrons. The highest BCUT2D eigenvalue weighted by atomic mass is 35.5. The predicted molar refractivity (Wildman–Crippen MR) is 77.0 cm³/mol. The van der Waals surface area contributed by atoms with Crippen molar-refractivity contribution in [2.45, 2.75) is 20.3 Å². The van der Waals surface area contributed by atoms with E-state index in [4.69, 9.17) is 11.6 Å². The zero-order valence-corrected chi connectivity index (χ0v) is 12.3. The number of carbonyl (C=O) groups excluding carboxylic acids is 1. The standard InChI is InChI=1S/C14H17ClN2O3/c1-9-6-7-16(8-10(9)2)14(18)11-4-3-5-12(15)13(11)17(19)20/h3-5,9-10H,6-8H2,1-2H3. The van der Waals surface area contributed by atoms with Crippen LogP contribution in [0, 0.1) is 22.0 Å². The maximum atomic E-state index is 12.5. The van der Waals surface area contributed by atoms with Crippen LogP contribution in [-0.4, -0.2) is 28.8 Å². The Hall–Kier alpha value is -1.62. The second-order valence-electron chi connectivity index (χ2n) is 5.39. The fraction of sp³-hybridized carbons (Fsp3) is 0.500. The van der Waals surface area contributed by atoms with Gasteiger partial charge in [-0.3, -0.25) is 14.9 Å². The van der Waals surface area contributed by atoms with E-state index in [9.17, 15) is 14.9 Å². The summed E-state index contributed by atoms with van der Waals surface area (Å²) < 4.78 is 0.